The van der Waals surface area contributed by atoms with Gasteiger partial charge in [0.05, 0.1) is 13.4 Å². The maximum Gasteiger partial charge on any atom is 0.287 e. The van der Waals surface area contributed by atoms with E-state index in [9.17, 15) is 9.59 Å². The second-order valence-electron chi connectivity index (χ2n) is 4.39. The fraction of sp³-hybridized carbons (Fsp3) is 0.200. The maximum absolute atomic E-state index is 12.0. The summed E-state index contributed by atoms with van der Waals surface area (Å²) in [6.45, 7) is 1.59. The van der Waals surface area contributed by atoms with Crippen LogP contribution < -0.4 is 15.4 Å². The van der Waals surface area contributed by atoms with E-state index in [-0.39, 0.29) is 11.7 Å². The summed E-state index contributed by atoms with van der Waals surface area (Å²) < 4.78 is 10.0. The van der Waals surface area contributed by atoms with Gasteiger partial charge in [-0.2, -0.15) is 0 Å². The highest BCUT2D eigenvalue weighted by atomic mass is 16.5. The van der Waals surface area contributed by atoms with Crippen molar-refractivity contribution in [3.8, 4) is 5.75 Å². The molecule has 0 fully saturated rings. The van der Waals surface area contributed by atoms with Crippen molar-refractivity contribution in [1.82, 2.24) is 5.32 Å². The number of carbonyl (C=O) groups excluding carboxylic acids is 2. The SMILES string of the molecule is COc1cccc(NC(=O)C(C)NC(=O)c2ccco2)c1. The molecule has 0 saturated carbocycles. The number of benzene rings is 1. The van der Waals surface area contributed by atoms with E-state index >= 15 is 0 Å². The number of carbonyl (C=O) groups is 2. The molecule has 0 spiro atoms. The van der Waals surface area contributed by atoms with E-state index in [4.69, 9.17) is 9.15 Å². The van der Waals surface area contributed by atoms with Crippen molar-refractivity contribution in [2.24, 2.45) is 0 Å². The van der Waals surface area contributed by atoms with E-state index in [1.54, 1.807) is 44.4 Å². The lowest BCUT2D eigenvalue weighted by molar-refractivity contribution is -0.117. The molecule has 0 radical (unpaired) electrons. The lowest BCUT2D eigenvalue weighted by Crippen LogP contribution is -2.41. The molecule has 0 aliphatic rings. The van der Waals surface area contributed by atoms with E-state index in [2.05, 4.69) is 10.6 Å². The topological polar surface area (TPSA) is 80.6 Å². The molecule has 110 valence electrons. The number of methoxy groups -OCH3 is 1. The zero-order valence-electron chi connectivity index (χ0n) is 11.8. The van der Waals surface area contributed by atoms with Gasteiger partial charge < -0.3 is 19.8 Å². The van der Waals surface area contributed by atoms with Crippen LogP contribution in [0.3, 0.4) is 0 Å². The van der Waals surface area contributed by atoms with Crippen molar-refractivity contribution < 1.29 is 18.7 Å². The van der Waals surface area contributed by atoms with E-state index in [1.165, 1.54) is 12.3 Å². The minimum Gasteiger partial charge on any atom is -0.497 e. The molecule has 2 aromatic rings. The van der Waals surface area contributed by atoms with Crippen molar-refractivity contribution in [3.63, 3.8) is 0 Å². The molecule has 0 bridgehead atoms. The number of rotatable bonds is 5. The number of hydrogen-bond acceptors (Lipinski definition) is 4. The summed E-state index contributed by atoms with van der Waals surface area (Å²) >= 11 is 0. The summed E-state index contributed by atoms with van der Waals surface area (Å²) in [6.07, 6.45) is 1.40. The van der Waals surface area contributed by atoms with Gasteiger partial charge in [0.15, 0.2) is 5.76 Å². The average Bonchev–Trinajstić information content (AvgIpc) is 3.01. The number of ether oxygens (including phenoxy) is 1. The highest BCUT2D eigenvalue weighted by Gasteiger charge is 2.18. The van der Waals surface area contributed by atoms with Crippen LogP contribution in [-0.4, -0.2) is 25.0 Å². The van der Waals surface area contributed by atoms with Gasteiger partial charge in [0.25, 0.3) is 5.91 Å². The van der Waals surface area contributed by atoms with Crippen LogP contribution in [0.25, 0.3) is 0 Å². The molecule has 1 atom stereocenters. The first kappa shape index (κ1) is 14.6. The van der Waals surface area contributed by atoms with Gasteiger partial charge in [0.1, 0.15) is 11.8 Å². The number of anilines is 1. The molecular formula is C15H16N2O4. The first-order chi connectivity index (χ1) is 10.1. The Morgan fingerprint density at radius 2 is 2.05 bits per heavy atom. The summed E-state index contributed by atoms with van der Waals surface area (Å²) in [4.78, 5) is 23.8. The molecule has 6 nitrogen and oxygen atoms in total. The average molecular weight is 288 g/mol. The van der Waals surface area contributed by atoms with Crippen molar-refractivity contribution in [3.05, 3.63) is 48.4 Å². The Bertz CT molecular complexity index is 622. The number of furan rings is 1. The van der Waals surface area contributed by atoms with Crippen LogP contribution in [0.5, 0.6) is 5.75 Å². The minimum atomic E-state index is -0.700. The van der Waals surface area contributed by atoms with Crippen molar-refractivity contribution in [2.75, 3.05) is 12.4 Å². The van der Waals surface area contributed by atoms with E-state index in [0.717, 1.165) is 0 Å². The van der Waals surface area contributed by atoms with Crippen molar-refractivity contribution in [1.29, 1.82) is 0 Å². The number of nitrogens with one attached hydrogen (secondary N) is 2. The lowest BCUT2D eigenvalue weighted by atomic mass is 10.2. The smallest absolute Gasteiger partial charge is 0.287 e. The largest absolute Gasteiger partial charge is 0.497 e. The molecular weight excluding hydrogens is 272 g/mol. The summed E-state index contributed by atoms with van der Waals surface area (Å²) in [5.41, 5.74) is 0.596. The Balaban J connectivity index is 1.94. The molecule has 2 rings (SSSR count). The summed E-state index contributed by atoms with van der Waals surface area (Å²) in [7, 11) is 1.55. The normalized spacial score (nSPS) is 11.5. The van der Waals surface area contributed by atoms with Gasteiger partial charge in [0, 0.05) is 11.8 Å². The van der Waals surface area contributed by atoms with Crippen LogP contribution in [0.2, 0.25) is 0 Å². The van der Waals surface area contributed by atoms with Crippen LogP contribution in [0.4, 0.5) is 5.69 Å². The van der Waals surface area contributed by atoms with Crippen LogP contribution in [0.15, 0.2) is 47.1 Å². The van der Waals surface area contributed by atoms with Gasteiger partial charge in [-0.25, -0.2) is 0 Å². The second-order valence-corrected chi connectivity index (χ2v) is 4.39. The molecule has 2 N–H and O–H groups in total. The molecule has 2 amide bonds. The van der Waals surface area contributed by atoms with Gasteiger partial charge in [0.2, 0.25) is 5.91 Å². The van der Waals surface area contributed by atoms with Gasteiger partial charge in [-0.05, 0) is 31.2 Å². The summed E-state index contributed by atoms with van der Waals surface area (Å²) in [5, 5.41) is 5.26. The minimum absolute atomic E-state index is 0.163. The van der Waals surface area contributed by atoms with Crippen LogP contribution >= 0.6 is 0 Å². The molecule has 1 aromatic carbocycles. The Morgan fingerprint density at radius 1 is 1.24 bits per heavy atom. The molecule has 0 aliphatic carbocycles. The van der Waals surface area contributed by atoms with Crippen LogP contribution in [0.1, 0.15) is 17.5 Å². The Kier molecular flexibility index (Phi) is 4.61. The van der Waals surface area contributed by atoms with Crippen molar-refractivity contribution in [2.45, 2.75) is 13.0 Å². The second kappa shape index (κ2) is 6.60. The zero-order chi connectivity index (χ0) is 15.2. The third-order valence-electron chi connectivity index (χ3n) is 2.82. The number of amides is 2. The zero-order valence-corrected chi connectivity index (χ0v) is 11.8. The standard InChI is InChI=1S/C15H16N2O4/c1-10(16-15(19)13-7-4-8-21-13)14(18)17-11-5-3-6-12(9-11)20-2/h3-10H,1-2H3,(H,16,19)(H,17,18). The third-order valence-corrected chi connectivity index (χ3v) is 2.82. The molecule has 1 aromatic heterocycles. The fourth-order valence-electron chi connectivity index (χ4n) is 1.69. The molecule has 1 heterocycles. The predicted octanol–water partition coefficient (Wildman–Crippen LogP) is 2.05. The van der Waals surface area contributed by atoms with Crippen molar-refractivity contribution >= 4 is 17.5 Å². The van der Waals surface area contributed by atoms with E-state index in [0.29, 0.717) is 11.4 Å². The highest BCUT2D eigenvalue weighted by molar-refractivity contribution is 5.99. The maximum atomic E-state index is 12.0. The molecule has 0 aliphatic heterocycles. The molecule has 21 heavy (non-hydrogen) atoms. The van der Waals surface area contributed by atoms with Gasteiger partial charge in [-0.3, -0.25) is 9.59 Å². The monoisotopic (exact) mass is 288 g/mol. The van der Waals surface area contributed by atoms with Gasteiger partial charge in [-0.1, -0.05) is 6.07 Å². The Hall–Kier alpha value is -2.76. The highest BCUT2D eigenvalue weighted by Crippen LogP contribution is 2.16. The van der Waals surface area contributed by atoms with Crippen LogP contribution in [0, 0.1) is 0 Å². The molecule has 0 saturated heterocycles. The lowest BCUT2D eigenvalue weighted by Gasteiger charge is -2.13. The van der Waals surface area contributed by atoms with Gasteiger partial charge in [-0.15, -0.1) is 0 Å². The number of hydrogen-bond donors (Lipinski definition) is 2. The van der Waals surface area contributed by atoms with E-state index < -0.39 is 11.9 Å². The first-order valence-electron chi connectivity index (χ1n) is 6.39. The third kappa shape index (κ3) is 3.85. The van der Waals surface area contributed by atoms with E-state index in [1.807, 2.05) is 0 Å². The Labute approximate surface area is 122 Å². The first-order valence-corrected chi connectivity index (χ1v) is 6.39. The fourth-order valence-corrected chi connectivity index (χ4v) is 1.69. The quantitative estimate of drug-likeness (QED) is 0.882. The van der Waals surface area contributed by atoms with Gasteiger partial charge >= 0.3 is 0 Å². The summed E-state index contributed by atoms with van der Waals surface area (Å²) in [5.74, 6) is 0.0348. The summed E-state index contributed by atoms with van der Waals surface area (Å²) in [6, 6.07) is 9.41. The van der Waals surface area contributed by atoms with Crippen LogP contribution in [-0.2, 0) is 4.79 Å². The Morgan fingerprint density at radius 3 is 2.71 bits per heavy atom. The predicted molar refractivity (Wildman–Crippen MR) is 77.3 cm³/mol. The molecule has 1 unspecified atom stereocenters. The molecule has 6 heteroatoms.